The third-order valence-electron chi connectivity index (χ3n) is 3.84. The van der Waals surface area contributed by atoms with Crippen molar-refractivity contribution in [3.63, 3.8) is 0 Å². The maximum atomic E-state index is 5.71. The van der Waals surface area contributed by atoms with Crippen molar-refractivity contribution in [3.05, 3.63) is 101 Å². The van der Waals surface area contributed by atoms with Crippen LogP contribution in [0.25, 0.3) is 0 Å². The van der Waals surface area contributed by atoms with Gasteiger partial charge < -0.3 is 10.2 Å². The van der Waals surface area contributed by atoms with E-state index in [4.69, 9.17) is 12.2 Å². The van der Waals surface area contributed by atoms with Crippen molar-refractivity contribution < 1.29 is 0 Å². The molecule has 0 fully saturated rings. The van der Waals surface area contributed by atoms with Gasteiger partial charge in [-0.05, 0) is 51.4 Å². The second-order valence-corrected chi connectivity index (χ2v) is 6.98. The zero-order chi connectivity index (χ0) is 17.5. The number of nitrogens with zero attached hydrogens (tertiary/aromatic N) is 1. The minimum Gasteiger partial charge on any atom is -0.340 e. The summed E-state index contributed by atoms with van der Waals surface area (Å²) in [7, 11) is 0. The Kier molecular flexibility index (Phi) is 6.20. The third kappa shape index (κ3) is 5.15. The molecule has 0 aliphatic carbocycles. The molecular weight excluding hydrogens is 392 g/mol. The Labute approximate surface area is 162 Å². The average Bonchev–Trinajstić information content (AvgIpc) is 2.65. The van der Waals surface area contributed by atoms with Gasteiger partial charge in [-0.1, -0.05) is 72.8 Å². The predicted octanol–water partition coefficient (Wildman–Crippen LogP) is 5.85. The van der Waals surface area contributed by atoms with Gasteiger partial charge in [-0.25, -0.2) is 0 Å². The van der Waals surface area contributed by atoms with E-state index in [0.29, 0.717) is 5.11 Å². The Hall–Kier alpha value is -2.17. The van der Waals surface area contributed by atoms with Crippen LogP contribution in [0, 0.1) is 0 Å². The minimum absolute atomic E-state index is 0.708. The Morgan fingerprint density at radius 1 is 0.760 bits per heavy atom. The molecule has 0 spiro atoms. The summed E-state index contributed by atoms with van der Waals surface area (Å²) in [5.74, 6) is 0. The Morgan fingerprint density at radius 3 is 1.76 bits per heavy atom. The van der Waals surface area contributed by atoms with Crippen molar-refractivity contribution in [2.75, 3.05) is 5.32 Å². The molecule has 0 amide bonds. The fraction of sp³-hybridized carbons (Fsp3) is 0.0952. The van der Waals surface area contributed by atoms with E-state index < -0.39 is 0 Å². The standard InChI is InChI=1S/C21H19BrN2S/c22-19-13-7-8-14-20(19)23-21(25)24(15-17-9-3-1-4-10-17)16-18-11-5-2-6-12-18/h1-14H,15-16H2,(H,23,25). The van der Waals surface area contributed by atoms with Crippen molar-refractivity contribution in [1.82, 2.24) is 4.90 Å². The second-order valence-electron chi connectivity index (χ2n) is 5.74. The second kappa shape index (κ2) is 8.79. The number of rotatable bonds is 5. The van der Waals surface area contributed by atoms with E-state index in [1.807, 2.05) is 36.4 Å². The van der Waals surface area contributed by atoms with Crippen LogP contribution in [0.5, 0.6) is 0 Å². The topological polar surface area (TPSA) is 15.3 Å². The fourth-order valence-corrected chi connectivity index (χ4v) is 3.19. The molecule has 4 heteroatoms. The summed E-state index contributed by atoms with van der Waals surface area (Å²) in [4.78, 5) is 2.18. The van der Waals surface area contributed by atoms with Crippen LogP contribution in [-0.4, -0.2) is 10.0 Å². The minimum atomic E-state index is 0.708. The van der Waals surface area contributed by atoms with Gasteiger partial charge in [0.25, 0.3) is 0 Å². The summed E-state index contributed by atoms with van der Waals surface area (Å²) in [6.45, 7) is 1.51. The largest absolute Gasteiger partial charge is 0.340 e. The molecule has 3 aromatic carbocycles. The normalized spacial score (nSPS) is 10.3. The third-order valence-corrected chi connectivity index (χ3v) is 4.89. The van der Waals surface area contributed by atoms with E-state index in [2.05, 4.69) is 74.7 Å². The smallest absolute Gasteiger partial charge is 0.174 e. The van der Waals surface area contributed by atoms with E-state index >= 15 is 0 Å². The van der Waals surface area contributed by atoms with E-state index in [0.717, 1.165) is 23.2 Å². The van der Waals surface area contributed by atoms with Crippen LogP contribution in [0.1, 0.15) is 11.1 Å². The molecule has 0 bridgehead atoms. The molecule has 0 radical (unpaired) electrons. The van der Waals surface area contributed by atoms with E-state index in [1.54, 1.807) is 0 Å². The monoisotopic (exact) mass is 410 g/mol. The lowest BCUT2D eigenvalue weighted by Crippen LogP contribution is -2.33. The SMILES string of the molecule is S=C(Nc1ccccc1Br)N(Cc1ccccc1)Cc1ccccc1. The summed E-state index contributed by atoms with van der Waals surface area (Å²) >= 11 is 9.28. The molecule has 0 aliphatic rings. The Balaban J connectivity index is 1.79. The number of benzene rings is 3. The maximum Gasteiger partial charge on any atom is 0.174 e. The summed E-state index contributed by atoms with van der Waals surface area (Å²) in [6.07, 6.45) is 0. The molecule has 0 aromatic heterocycles. The highest BCUT2D eigenvalue weighted by molar-refractivity contribution is 9.10. The molecule has 0 atom stereocenters. The number of hydrogen-bond acceptors (Lipinski definition) is 1. The summed E-state index contributed by atoms with van der Waals surface area (Å²) in [6, 6.07) is 28.8. The summed E-state index contributed by atoms with van der Waals surface area (Å²) < 4.78 is 0.997. The first-order valence-corrected chi connectivity index (χ1v) is 9.31. The van der Waals surface area contributed by atoms with Crippen molar-refractivity contribution in [2.24, 2.45) is 0 Å². The van der Waals surface area contributed by atoms with Gasteiger partial charge in [-0.2, -0.15) is 0 Å². The highest BCUT2D eigenvalue weighted by Crippen LogP contribution is 2.22. The number of hydrogen-bond donors (Lipinski definition) is 1. The zero-order valence-electron chi connectivity index (χ0n) is 13.7. The number of nitrogens with one attached hydrogen (secondary N) is 1. The summed E-state index contributed by atoms with van der Waals surface area (Å²) in [5.41, 5.74) is 3.43. The van der Waals surface area contributed by atoms with Crippen LogP contribution in [0.2, 0.25) is 0 Å². The fourth-order valence-electron chi connectivity index (χ4n) is 2.56. The molecule has 3 aromatic rings. The van der Waals surface area contributed by atoms with Gasteiger partial charge in [0.2, 0.25) is 0 Å². The van der Waals surface area contributed by atoms with Crippen molar-refractivity contribution in [3.8, 4) is 0 Å². The highest BCUT2D eigenvalue weighted by Gasteiger charge is 2.12. The number of thiocarbonyl (C=S) groups is 1. The van der Waals surface area contributed by atoms with E-state index in [-0.39, 0.29) is 0 Å². The Bertz CT molecular complexity index is 780. The molecule has 0 saturated carbocycles. The van der Waals surface area contributed by atoms with Crippen LogP contribution < -0.4 is 5.32 Å². The van der Waals surface area contributed by atoms with Crippen LogP contribution in [0.4, 0.5) is 5.69 Å². The molecule has 0 heterocycles. The lowest BCUT2D eigenvalue weighted by Gasteiger charge is -2.26. The van der Waals surface area contributed by atoms with E-state index in [9.17, 15) is 0 Å². The molecular formula is C21H19BrN2S. The van der Waals surface area contributed by atoms with Gasteiger partial charge in [-0.15, -0.1) is 0 Å². The molecule has 0 aliphatic heterocycles. The number of halogens is 1. The van der Waals surface area contributed by atoms with Gasteiger partial charge in [-0.3, -0.25) is 0 Å². The van der Waals surface area contributed by atoms with Gasteiger partial charge in [0.15, 0.2) is 5.11 Å². The molecule has 0 unspecified atom stereocenters. The van der Waals surface area contributed by atoms with Crippen molar-refractivity contribution in [1.29, 1.82) is 0 Å². The summed E-state index contributed by atoms with van der Waals surface area (Å²) in [5, 5.41) is 4.07. The first-order valence-electron chi connectivity index (χ1n) is 8.10. The van der Waals surface area contributed by atoms with Gasteiger partial charge in [0, 0.05) is 17.6 Å². The van der Waals surface area contributed by atoms with Crippen LogP contribution >= 0.6 is 28.1 Å². The van der Waals surface area contributed by atoms with Crippen molar-refractivity contribution >= 4 is 38.9 Å². The zero-order valence-corrected chi connectivity index (χ0v) is 16.1. The van der Waals surface area contributed by atoms with E-state index in [1.165, 1.54) is 11.1 Å². The first-order chi connectivity index (χ1) is 12.2. The van der Waals surface area contributed by atoms with Crippen LogP contribution in [-0.2, 0) is 13.1 Å². The first kappa shape index (κ1) is 17.6. The highest BCUT2D eigenvalue weighted by atomic mass is 79.9. The Morgan fingerprint density at radius 2 is 1.24 bits per heavy atom. The molecule has 0 saturated heterocycles. The molecule has 126 valence electrons. The quantitative estimate of drug-likeness (QED) is 0.531. The number of para-hydroxylation sites is 1. The number of anilines is 1. The predicted molar refractivity (Wildman–Crippen MR) is 112 cm³/mol. The molecule has 1 N–H and O–H groups in total. The molecule has 25 heavy (non-hydrogen) atoms. The van der Waals surface area contributed by atoms with Gasteiger partial charge in [0.05, 0.1) is 5.69 Å². The maximum absolute atomic E-state index is 5.71. The lowest BCUT2D eigenvalue weighted by molar-refractivity contribution is 0.413. The average molecular weight is 411 g/mol. The molecule has 2 nitrogen and oxygen atoms in total. The van der Waals surface area contributed by atoms with Crippen LogP contribution in [0.15, 0.2) is 89.4 Å². The van der Waals surface area contributed by atoms with Crippen LogP contribution in [0.3, 0.4) is 0 Å². The molecule has 3 rings (SSSR count). The van der Waals surface area contributed by atoms with Crippen molar-refractivity contribution in [2.45, 2.75) is 13.1 Å². The van der Waals surface area contributed by atoms with Gasteiger partial charge >= 0.3 is 0 Å². The lowest BCUT2D eigenvalue weighted by atomic mass is 10.2. The van der Waals surface area contributed by atoms with Gasteiger partial charge in [0.1, 0.15) is 0 Å².